The van der Waals surface area contributed by atoms with E-state index in [1.807, 2.05) is 0 Å². The number of nitrogens with one attached hydrogen (secondary N) is 1. The van der Waals surface area contributed by atoms with E-state index in [0.29, 0.717) is 11.8 Å². The zero-order valence-electron chi connectivity index (χ0n) is 5.58. The first kappa shape index (κ1) is 5.83. The molecule has 0 radical (unpaired) electrons. The Morgan fingerprint density at radius 1 is 1.70 bits per heavy atom. The van der Waals surface area contributed by atoms with Crippen molar-refractivity contribution >= 4 is 12.0 Å². The first-order chi connectivity index (χ1) is 4.84. The third-order valence-corrected chi connectivity index (χ3v) is 2.47. The summed E-state index contributed by atoms with van der Waals surface area (Å²) in [5, 5.41) is 6.76. The Labute approximate surface area is 59.4 Å². The average Bonchev–Trinajstić information content (AvgIpc) is 2.43. The standard InChI is InChI=1S/C8H9NO/c9-4-7(10)8-5-2-1-3-6(5)8/h1-2,4-6,8-9H,3H2. The van der Waals surface area contributed by atoms with E-state index in [2.05, 4.69) is 12.2 Å². The van der Waals surface area contributed by atoms with Crippen LogP contribution in [0, 0.1) is 23.2 Å². The highest BCUT2D eigenvalue weighted by Crippen LogP contribution is 2.53. The summed E-state index contributed by atoms with van der Waals surface area (Å²) in [7, 11) is 0. The molecule has 2 rings (SSSR count). The van der Waals surface area contributed by atoms with Gasteiger partial charge in [0, 0.05) is 5.92 Å². The van der Waals surface area contributed by atoms with Crippen LogP contribution >= 0.6 is 0 Å². The van der Waals surface area contributed by atoms with Gasteiger partial charge in [-0.1, -0.05) is 12.2 Å². The summed E-state index contributed by atoms with van der Waals surface area (Å²) in [6.07, 6.45) is 6.24. The van der Waals surface area contributed by atoms with Crippen LogP contribution in [0.15, 0.2) is 12.2 Å². The van der Waals surface area contributed by atoms with Crippen LogP contribution in [-0.2, 0) is 4.79 Å². The highest BCUT2D eigenvalue weighted by atomic mass is 16.1. The van der Waals surface area contributed by atoms with Crippen molar-refractivity contribution in [3.63, 3.8) is 0 Å². The number of fused-ring (bicyclic) bond motifs is 1. The summed E-state index contributed by atoms with van der Waals surface area (Å²) in [6, 6.07) is 0. The zero-order valence-corrected chi connectivity index (χ0v) is 5.58. The smallest absolute Gasteiger partial charge is 0.177 e. The minimum atomic E-state index is 0.0133. The van der Waals surface area contributed by atoms with Crippen molar-refractivity contribution in [2.45, 2.75) is 6.42 Å². The Bertz CT molecular complexity index is 219. The van der Waals surface area contributed by atoms with Gasteiger partial charge >= 0.3 is 0 Å². The monoisotopic (exact) mass is 135 g/mol. The number of rotatable bonds is 2. The van der Waals surface area contributed by atoms with Crippen LogP contribution in [0.1, 0.15) is 6.42 Å². The number of allylic oxidation sites excluding steroid dienone is 2. The molecule has 10 heavy (non-hydrogen) atoms. The number of ketones is 1. The molecule has 0 aromatic carbocycles. The van der Waals surface area contributed by atoms with Crippen LogP contribution in [0.4, 0.5) is 0 Å². The lowest BCUT2D eigenvalue weighted by Gasteiger charge is -1.89. The Morgan fingerprint density at radius 3 is 3.00 bits per heavy atom. The van der Waals surface area contributed by atoms with Crippen molar-refractivity contribution in [3.8, 4) is 0 Å². The molecule has 3 unspecified atom stereocenters. The summed E-state index contributed by atoms with van der Waals surface area (Å²) in [5.41, 5.74) is 0. The van der Waals surface area contributed by atoms with Gasteiger partial charge in [-0.15, -0.1) is 0 Å². The molecule has 0 aromatic rings. The van der Waals surface area contributed by atoms with Gasteiger partial charge in [-0.25, -0.2) is 0 Å². The lowest BCUT2D eigenvalue weighted by Crippen LogP contribution is -2.04. The van der Waals surface area contributed by atoms with E-state index in [-0.39, 0.29) is 11.7 Å². The van der Waals surface area contributed by atoms with E-state index in [9.17, 15) is 4.79 Å². The van der Waals surface area contributed by atoms with E-state index in [4.69, 9.17) is 5.41 Å². The van der Waals surface area contributed by atoms with E-state index >= 15 is 0 Å². The summed E-state index contributed by atoms with van der Waals surface area (Å²) in [4.78, 5) is 10.9. The second-order valence-electron chi connectivity index (χ2n) is 2.98. The van der Waals surface area contributed by atoms with Crippen molar-refractivity contribution in [1.29, 1.82) is 5.41 Å². The molecule has 2 aliphatic carbocycles. The molecule has 2 nitrogen and oxygen atoms in total. The Kier molecular flexibility index (Phi) is 1.04. The topological polar surface area (TPSA) is 40.9 Å². The number of Topliss-reactive ketones (excluding diaryl/α,β-unsaturated/α-hetero) is 1. The van der Waals surface area contributed by atoms with Gasteiger partial charge in [-0.2, -0.15) is 0 Å². The second-order valence-corrected chi connectivity index (χ2v) is 2.98. The van der Waals surface area contributed by atoms with E-state index in [0.717, 1.165) is 12.6 Å². The number of hydrogen-bond acceptors (Lipinski definition) is 2. The highest BCUT2D eigenvalue weighted by Gasteiger charge is 2.53. The third-order valence-electron chi connectivity index (χ3n) is 2.47. The quantitative estimate of drug-likeness (QED) is 0.446. The fraction of sp³-hybridized carbons (Fsp3) is 0.500. The maximum absolute atomic E-state index is 10.9. The van der Waals surface area contributed by atoms with Gasteiger partial charge in [0.05, 0.1) is 6.21 Å². The van der Waals surface area contributed by atoms with Crippen LogP contribution in [0.5, 0.6) is 0 Å². The van der Waals surface area contributed by atoms with Gasteiger partial charge in [0.15, 0.2) is 5.78 Å². The molecule has 0 aromatic heterocycles. The SMILES string of the molecule is N=CC(=O)C1C2C=CCC21. The van der Waals surface area contributed by atoms with Gasteiger partial charge in [0.25, 0.3) is 0 Å². The Balaban J connectivity index is 2.07. The van der Waals surface area contributed by atoms with Crippen LogP contribution in [0.2, 0.25) is 0 Å². The van der Waals surface area contributed by atoms with E-state index < -0.39 is 0 Å². The molecule has 0 spiro atoms. The number of hydrogen-bond donors (Lipinski definition) is 1. The van der Waals surface area contributed by atoms with Crippen molar-refractivity contribution in [3.05, 3.63) is 12.2 Å². The van der Waals surface area contributed by atoms with Gasteiger partial charge in [0.2, 0.25) is 0 Å². The van der Waals surface area contributed by atoms with Crippen molar-refractivity contribution in [2.75, 3.05) is 0 Å². The second kappa shape index (κ2) is 1.78. The molecule has 0 saturated heterocycles. The minimum Gasteiger partial charge on any atom is -0.305 e. The van der Waals surface area contributed by atoms with Crippen LogP contribution in [0.3, 0.4) is 0 Å². The van der Waals surface area contributed by atoms with E-state index in [1.165, 1.54) is 0 Å². The normalized spacial score (nSPS) is 41.0. The molecule has 0 amide bonds. The minimum absolute atomic E-state index is 0.0133. The largest absolute Gasteiger partial charge is 0.305 e. The highest BCUT2D eigenvalue weighted by molar-refractivity contribution is 6.28. The summed E-state index contributed by atoms with van der Waals surface area (Å²) >= 11 is 0. The maximum atomic E-state index is 10.9. The fourth-order valence-corrected chi connectivity index (χ4v) is 1.86. The first-order valence-corrected chi connectivity index (χ1v) is 3.55. The maximum Gasteiger partial charge on any atom is 0.177 e. The fourth-order valence-electron chi connectivity index (χ4n) is 1.86. The van der Waals surface area contributed by atoms with Crippen LogP contribution < -0.4 is 0 Å². The first-order valence-electron chi connectivity index (χ1n) is 3.55. The molecular weight excluding hydrogens is 126 g/mol. The summed E-state index contributed by atoms with van der Waals surface area (Å²) in [6.45, 7) is 0. The van der Waals surface area contributed by atoms with Gasteiger partial charge < -0.3 is 5.41 Å². The summed E-state index contributed by atoms with van der Waals surface area (Å²) in [5.74, 6) is 1.25. The molecule has 1 saturated carbocycles. The average molecular weight is 135 g/mol. The van der Waals surface area contributed by atoms with Crippen molar-refractivity contribution in [1.82, 2.24) is 0 Å². The predicted octanol–water partition coefficient (Wildman–Crippen LogP) is 1.03. The van der Waals surface area contributed by atoms with Gasteiger partial charge in [-0.3, -0.25) is 4.79 Å². The molecular formula is C8H9NO. The molecule has 3 atom stereocenters. The molecule has 1 N–H and O–H groups in total. The molecule has 0 heterocycles. The van der Waals surface area contributed by atoms with Gasteiger partial charge in [-0.05, 0) is 18.3 Å². The Hall–Kier alpha value is -0.920. The zero-order chi connectivity index (χ0) is 7.14. The summed E-state index contributed by atoms with van der Waals surface area (Å²) < 4.78 is 0. The third kappa shape index (κ3) is 0.589. The Morgan fingerprint density at radius 2 is 2.50 bits per heavy atom. The van der Waals surface area contributed by atoms with Crippen molar-refractivity contribution in [2.24, 2.45) is 17.8 Å². The molecule has 2 heteroatoms. The number of carbonyl (C=O) groups is 1. The van der Waals surface area contributed by atoms with Crippen molar-refractivity contribution < 1.29 is 4.79 Å². The molecule has 0 bridgehead atoms. The van der Waals surface area contributed by atoms with E-state index in [1.54, 1.807) is 0 Å². The molecule has 2 aliphatic rings. The molecule has 52 valence electrons. The number of carbonyl (C=O) groups excluding carboxylic acids is 1. The lowest BCUT2D eigenvalue weighted by molar-refractivity contribution is -0.114. The predicted molar refractivity (Wildman–Crippen MR) is 38.0 cm³/mol. The van der Waals surface area contributed by atoms with Crippen LogP contribution in [0.25, 0.3) is 0 Å². The van der Waals surface area contributed by atoms with Crippen LogP contribution in [-0.4, -0.2) is 12.0 Å². The lowest BCUT2D eigenvalue weighted by atomic mass is 10.1. The molecule has 1 fully saturated rings. The molecule has 0 aliphatic heterocycles. The van der Waals surface area contributed by atoms with Gasteiger partial charge in [0.1, 0.15) is 0 Å².